The fourth-order valence-corrected chi connectivity index (χ4v) is 11.4. The van der Waals surface area contributed by atoms with Gasteiger partial charge in [-0.1, -0.05) is 334 Å². The zero-order valence-corrected chi connectivity index (χ0v) is 57.5. The van der Waals surface area contributed by atoms with Gasteiger partial charge < -0.3 is 33.3 Å². The number of likely N-dealkylation sites (N-methyl/N-ethyl adjacent to an activating group) is 1. The summed E-state index contributed by atoms with van der Waals surface area (Å²) in [6.45, 7) is 4.81. The molecule has 2 atom stereocenters. The molecule has 0 saturated carbocycles. The molecule has 0 amide bonds. The van der Waals surface area contributed by atoms with Crippen LogP contribution in [0.3, 0.4) is 0 Å². The molecule has 0 aromatic carbocycles. The van der Waals surface area contributed by atoms with Crippen molar-refractivity contribution in [2.75, 3.05) is 47.5 Å². The van der Waals surface area contributed by atoms with E-state index >= 15 is 0 Å². The molecule has 0 N–H and O–H groups in total. The maximum Gasteiger partial charge on any atom is 0.306 e. The van der Waals surface area contributed by atoms with Gasteiger partial charge in [-0.3, -0.25) is 9.59 Å². The zero-order valence-electron chi connectivity index (χ0n) is 57.5. The fraction of sp³-hybridized carbons (Fsp3) is 0.908. The van der Waals surface area contributed by atoms with E-state index in [1.807, 2.05) is 21.1 Å². The molecule has 0 aliphatic rings. The molecule has 0 aliphatic carbocycles. The summed E-state index contributed by atoms with van der Waals surface area (Å²) in [5.41, 5.74) is 0. The van der Waals surface area contributed by atoms with Crippen molar-refractivity contribution in [1.82, 2.24) is 0 Å². The summed E-state index contributed by atoms with van der Waals surface area (Å²) in [5, 5.41) is 11.8. The number of rotatable bonds is 71. The number of unbranched alkanes of at least 4 members (excludes halogenated alkanes) is 52. The third-order valence-corrected chi connectivity index (χ3v) is 17.2. The predicted molar refractivity (Wildman–Crippen MR) is 362 cm³/mol. The SMILES string of the molecule is CCCCCCCC/C=C\CCCCCCCCCCCC(=O)OCC(COC(OCC[N+](C)(C)C)C(=O)[O-])OC(=O)CCCCCCCCCCCCCCCCCCCCCCCCCCCCCCC/C=C\CCCCCCCCCC. The lowest BCUT2D eigenvalue weighted by atomic mass is 10.0. The maximum absolute atomic E-state index is 12.9. The van der Waals surface area contributed by atoms with Crippen LogP contribution in [-0.4, -0.2) is 82.3 Å². The Morgan fingerprint density at radius 2 is 0.600 bits per heavy atom. The van der Waals surface area contributed by atoms with Crippen LogP contribution in [0.25, 0.3) is 0 Å². The standard InChI is InChI=1S/C76H145NO8/c1-6-8-10-12-14-16-18-20-22-24-26-27-28-29-30-31-32-33-34-35-36-37-38-39-40-41-42-43-44-45-46-47-49-51-53-55-57-59-61-63-65-67-74(79)85-72(71-84-76(75(80)81)82-69-68-77(3,4)5)70-83-73(78)66-64-62-60-58-56-54-52-50-48-25-23-21-19-17-15-13-11-9-7-2/h21,23-24,26,72,76H,6-20,22,25,27-71H2,1-5H3/b23-21-,26-24-. The highest BCUT2D eigenvalue weighted by molar-refractivity contribution is 5.70. The third kappa shape index (κ3) is 69.1. The summed E-state index contributed by atoms with van der Waals surface area (Å²) >= 11 is 0. The van der Waals surface area contributed by atoms with Gasteiger partial charge >= 0.3 is 11.9 Å². The topological polar surface area (TPSA) is 111 Å². The smallest absolute Gasteiger partial charge is 0.306 e. The van der Waals surface area contributed by atoms with Gasteiger partial charge in [0.15, 0.2) is 12.4 Å². The van der Waals surface area contributed by atoms with Gasteiger partial charge in [0.25, 0.3) is 0 Å². The summed E-state index contributed by atoms with van der Waals surface area (Å²) in [7, 11) is 5.94. The Morgan fingerprint density at radius 3 is 0.871 bits per heavy atom. The van der Waals surface area contributed by atoms with Crippen molar-refractivity contribution < 1.29 is 42.9 Å². The van der Waals surface area contributed by atoms with E-state index in [0.717, 1.165) is 38.5 Å². The van der Waals surface area contributed by atoms with Gasteiger partial charge in [-0.05, 0) is 64.2 Å². The van der Waals surface area contributed by atoms with Crippen LogP contribution >= 0.6 is 0 Å². The molecule has 0 spiro atoms. The largest absolute Gasteiger partial charge is 0.545 e. The number of carboxylic acids is 1. The number of hydrogen-bond donors (Lipinski definition) is 0. The van der Waals surface area contributed by atoms with Gasteiger partial charge in [0.05, 0.1) is 40.3 Å². The molecule has 0 aliphatic heterocycles. The number of esters is 2. The molecule has 0 saturated heterocycles. The van der Waals surface area contributed by atoms with E-state index in [9.17, 15) is 19.5 Å². The second kappa shape index (κ2) is 67.7. The third-order valence-electron chi connectivity index (χ3n) is 17.2. The van der Waals surface area contributed by atoms with Crippen LogP contribution in [0.5, 0.6) is 0 Å². The molecule has 2 unspecified atom stereocenters. The molecule has 0 rings (SSSR count). The van der Waals surface area contributed by atoms with Gasteiger partial charge in [0.1, 0.15) is 13.2 Å². The average molecular weight is 1200 g/mol. The normalized spacial score (nSPS) is 12.7. The van der Waals surface area contributed by atoms with Gasteiger partial charge in [-0.2, -0.15) is 0 Å². The molecule has 0 aromatic rings. The van der Waals surface area contributed by atoms with Crippen molar-refractivity contribution >= 4 is 17.9 Å². The molecule has 85 heavy (non-hydrogen) atoms. The number of hydrogen-bond acceptors (Lipinski definition) is 8. The molecule has 0 radical (unpaired) electrons. The summed E-state index contributed by atoms with van der Waals surface area (Å²) in [4.78, 5) is 37.5. The lowest BCUT2D eigenvalue weighted by molar-refractivity contribution is -0.870. The fourth-order valence-electron chi connectivity index (χ4n) is 11.4. The van der Waals surface area contributed by atoms with Crippen LogP contribution in [0.1, 0.15) is 386 Å². The number of nitrogens with zero attached hydrogens (tertiary/aromatic N) is 1. The van der Waals surface area contributed by atoms with Crippen LogP contribution in [0.2, 0.25) is 0 Å². The summed E-state index contributed by atoms with van der Waals surface area (Å²) in [6.07, 6.45) is 81.6. The minimum Gasteiger partial charge on any atom is -0.545 e. The number of allylic oxidation sites excluding steroid dienone is 4. The van der Waals surface area contributed by atoms with Crippen LogP contribution in [-0.2, 0) is 33.3 Å². The van der Waals surface area contributed by atoms with Gasteiger partial charge in [0.2, 0.25) is 0 Å². The van der Waals surface area contributed by atoms with E-state index in [1.165, 1.54) is 321 Å². The minimum atomic E-state index is -1.62. The molecular formula is C76H145NO8. The molecule has 0 fully saturated rings. The van der Waals surface area contributed by atoms with Crippen molar-refractivity contribution in [1.29, 1.82) is 0 Å². The van der Waals surface area contributed by atoms with Crippen molar-refractivity contribution in [3.63, 3.8) is 0 Å². The van der Waals surface area contributed by atoms with E-state index in [1.54, 1.807) is 0 Å². The Morgan fingerprint density at radius 1 is 0.341 bits per heavy atom. The van der Waals surface area contributed by atoms with Gasteiger partial charge in [-0.15, -0.1) is 0 Å². The average Bonchev–Trinajstić information content (AvgIpc) is 3.50. The first-order chi connectivity index (χ1) is 41.6. The first kappa shape index (κ1) is 82.8. The lowest BCUT2D eigenvalue weighted by Gasteiger charge is -2.26. The zero-order chi connectivity index (χ0) is 61.9. The number of aliphatic carboxylic acids is 1. The quantitative estimate of drug-likeness (QED) is 0.0195. The van der Waals surface area contributed by atoms with Crippen molar-refractivity contribution in [2.45, 2.75) is 399 Å². The summed E-state index contributed by atoms with van der Waals surface area (Å²) in [6, 6.07) is 0. The highest BCUT2D eigenvalue weighted by Gasteiger charge is 2.22. The number of carbonyl (C=O) groups excluding carboxylic acids is 3. The number of carboxylic acid groups (broad SMARTS) is 1. The summed E-state index contributed by atoms with van der Waals surface area (Å²) < 4.78 is 22.8. The van der Waals surface area contributed by atoms with Gasteiger partial charge in [0, 0.05) is 12.8 Å². The van der Waals surface area contributed by atoms with E-state index in [4.69, 9.17) is 18.9 Å². The number of ether oxygens (including phenoxy) is 4. The molecule has 9 heteroatoms. The van der Waals surface area contributed by atoms with Crippen LogP contribution in [0.15, 0.2) is 24.3 Å². The lowest BCUT2D eigenvalue weighted by Crippen LogP contribution is -2.44. The second-order valence-corrected chi connectivity index (χ2v) is 26.9. The van der Waals surface area contributed by atoms with E-state index in [2.05, 4.69) is 38.2 Å². The highest BCUT2D eigenvalue weighted by Crippen LogP contribution is 2.19. The Balaban J connectivity index is 3.91. The van der Waals surface area contributed by atoms with Crippen LogP contribution < -0.4 is 5.11 Å². The van der Waals surface area contributed by atoms with E-state index in [0.29, 0.717) is 17.4 Å². The Kier molecular flexibility index (Phi) is 65.9. The number of quaternary nitrogens is 1. The predicted octanol–water partition coefficient (Wildman–Crippen LogP) is 22.0. The van der Waals surface area contributed by atoms with E-state index < -0.39 is 24.3 Å². The molecular weight excluding hydrogens is 1050 g/mol. The second-order valence-electron chi connectivity index (χ2n) is 26.9. The monoisotopic (exact) mass is 1200 g/mol. The minimum absolute atomic E-state index is 0.151. The molecule has 9 nitrogen and oxygen atoms in total. The van der Waals surface area contributed by atoms with Crippen molar-refractivity contribution in [3.05, 3.63) is 24.3 Å². The van der Waals surface area contributed by atoms with Crippen LogP contribution in [0, 0.1) is 0 Å². The molecule has 0 heterocycles. The Bertz CT molecular complexity index is 1440. The first-order valence-corrected chi connectivity index (χ1v) is 37.5. The van der Waals surface area contributed by atoms with Crippen molar-refractivity contribution in [2.24, 2.45) is 0 Å². The highest BCUT2D eigenvalue weighted by atomic mass is 16.7. The maximum atomic E-state index is 12.9. The number of carbonyl (C=O) groups is 3. The summed E-state index contributed by atoms with van der Waals surface area (Å²) in [5.74, 6) is -2.26. The van der Waals surface area contributed by atoms with Gasteiger partial charge in [-0.25, -0.2) is 0 Å². The van der Waals surface area contributed by atoms with Crippen LogP contribution in [0.4, 0.5) is 0 Å². The van der Waals surface area contributed by atoms with Crippen molar-refractivity contribution in [3.8, 4) is 0 Å². The Hall–Kier alpha value is -2.23. The molecule has 0 aromatic heterocycles. The van der Waals surface area contributed by atoms with E-state index in [-0.39, 0.29) is 32.2 Å². The molecule has 0 bridgehead atoms. The first-order valence-electron chi connectivity index (χ1n) is 37.5. The Labute approximate surface area is 528 Å². The molecule has 502 valence electrons.